The molecule has 5 nitrogen and oxygen atoms in total. The Hall–Kier alpha value is -2.83. The molecule has 1 aliphatic carbocycles. The van der Waals surface area contributed by atoms with E-state index in [-0.39, 0.29) is 24.5 Å². The van der Waals surface area contributed by atoms with Gasteiger partial charge in [-0.3, -0.25) is 4.79 Å². The zero-order valence-corrected chi connectivity index (χ0v) is 20.5. The van der Waals surface area contributed by atoms with Crippen molar-refractivity contribution in [3.8, 4) is 0 Å². The number of halogens is 1. The number of nitrogens with zero attached hydrogens (tertiary/aromatic N) is 2. The van der Waals surface area contributed by atoms with Gasteiger partial charge in [0.15, 0.2) is 0 Å². The van der Waals surface area contributed by atoms with Gasteiger partial charge < -0.3 is 15.1 Å². The van der Waals surface area contributed by atoms with Crippen LogP contribution >= 0.6 is 22.9 Å². The molecule has 3 amide bonds. The van der Waals surface area contributed by atoms with Crippen LogP contribution in [0.1, 0.15) is 33.7 Å². The van der Waals surface area contributed by atoms with Gasteiger partial charge >= 0.3 is 6.03 Å². The number of hydrogen-bond acceptors (Lipinski definition) is 3. The molecule has 0 atom stereocenters. The van der Waals surface area contributed by atoms with E-state index >= 15 is 0 Å². The van der Waals surface area contributed by atoms with Crippen LogP contribution in [0, 0.1) is 13.8 Å². The second kappa shape index (κ2) is 10.4. The Kier molecular flexibility index (Phi) is 7.36. The number of aryl methyl sites for hydroxylation is 2. The molecule has 1 saturated carbocycles. The van der Waals surface area contributed by atoms with Gasteiger partial charge in [-0.1, -0.05) is 48.0 Å². The van der Waals surface area contributed by atoms with Gasteiger partial charge in [-0.05, 0) is 62.1 Å². The molecule has 7 heteroatoms. The van der Waals surface area contributed by atoms with Crippen LogP contribution < -0.4 is 5.32 Å². The number of urea groups is 1. The van der Waals surface area contributed by atoms with E-state index < -0.39 is 0 Å². The Bertz CT molecular complexity index is 1130. The van der Waals surface area contributed by atoms with Crippen molar-refractivity contribution in [2.24, 2.45) is 0 Å². The summed E-state index contributed by atoms with van der Waals surface area (Å²) in [5.74, 6) is -0.0612. The second-order valence-corrected chi connectivity index (χ2v) is 10.3. The number of rotatable bonds is 8. The average Bonchev–Trinajstić information content (AvgIpc) is 3.55. The molecule has 0 saturated heterocycles. The van der Waals surface area contributed by atoms with Crippen molar-refractivity contribution < 1.29 is 9.59 Å². The minimum Gasteiger partial charge on any atom is -0.332 e. The Morgan fingerprint density at radius 3 is 2.42 bits per heavy atom. The van der Waals surface area contributed by atoms with Gasteiger partial charge in [-0.15, -0.1) is 11.3 Å². The molecule has 0 radical (unpaired) electrons. The molecule has 1 aliphatic rings. The van der Waals surface area contributed by atoms with Crippen LogP contribution in [0.25, 0.3) is 0 Å². The van der Waals surface area contributed by atoms with Crippen molar-refractivity contribution in [1.29, 1.82) is 0 Å². The van der Waals surface area contributed by atoms with E-state index in [0.29, 0.717) is 23.8 Å². The quantitative estimate of drug-likeness (QED) is 0.413. The first-order chi connectivity index (χ1) is 15.9. The van der Waals surface area contributed by atoms with Crippen molar-refractivity contribution in [1.82, 2.24) is 9.80 Å². The lowest BCUT2D eigenvalue weighted by Crippen LogP contribution is -2.45. The number of hydrogen-bond donors (Lipinski definition) is 1. The summed E-state index contributed by atoms with van der Waals surface area (Å²) in [6, 6.07) is 19.4. The monoisotopic (exact) mass is 481 g/mol. The third-order valence-corrected chi connectivity index (χ3v) is 7.08. The predicted molar refractivity (Wildman–Crippen MR) is 135 cm³/mol. The fourth-order valence-corrected chi connectivity index (χ4v) is 4.75. The first kappa shape index (κ1) is 23.3. The topological polar surface area (TPSA) is 52.7 Å². The number of nitrogens with one attached hydrogen (secondary N) is 1. The molecule has 3 aromatic rings. The Balaban J connectivity index is 1.48. The van der Waals surface area contributed by atoms with Crippen LogP contribution in [0.2, 0.25) is 5.02 Å². The molecule has 1 heterocycles. The number of benzene rings is 2. The zero-order valence-electron chi connectivity index (χ0n) is 18.9. The maximum absolute atomic E-state index is 13.4. The van der Waals surface area contributed by atoms with Gasteiger partial charge in [0.1, 0.15) is 6.54 Å². The number of thiophene rings is 1. The van der Waals surface area contributed by atoms with Crippen molar-refractivity contribution in [2.45, 2.75) is 45.8 Å². The van der Waals surface area contributed by atoms with E-state index in [1.165, 1.54) is 4.88 Å². The summed E-state index contributed by atoms with van der Waals surface area (Å²) in [5, 5.41) is 3.51. The zero-order chi connectivity index (χ0) is 23.4. The van der Waals surface area contributed by atoms with Crippen LogP contribution in [0.4, 0.5) is 10.5 Å². The molecule has 1 fully saturated rings. The lowest BCUT2D eigenvalue weighted by atomic mass is 10.2. The highest BCUT2D eigenvalue weighted by atomic mass is 35.5. The molecular weight excluding hydrogens is 454 g/mol. The Labute approximate surface area is 204 Å². The summed E-state index contributed by atoms with van der Waals surface area (Å²) in [7, 11) is 0. The number of carbonyl (C=O) groups excluding carboxylic acids is 2. The van der Waals surface area contributed by atoms with E-state index in [1.54, 1.807) is 22.3 Å². The molecule has 1 aromatic heterocycles. The third-order valence-electron chi connectivity index (χ3n) is 5.69. The molecule has 33 heavy (non-hydrogen) atoms. The molecular formula is C26H28ClN3O2S. The SMILES string of the molecule is Cc1ccc(CN(Cc2ccccc2)C(=O)CN(C(=O)Nc2ccc(C)c(Cl)c2)C2CC2)s1. The van der Waals surface area contributed by atoms with Crippen LogP contribution in [0.5, 0.6) is 0 Å². The summed E-state index contributed by atoms with van der Waals surface area (Å²) >= 11 is 7.90. The maximum Gasteiger partial charge on any atom is 0.322 e. The molecule has 4 rings (SSSR count). The third kappa shape index (κ3) is 6.36. The highest BCUT2D eigenvalue weighted by molar-refractivity contribution is 7.11. The first-order valence-electron chi connectivity index (χ1n) is 11.1. The van der Waals surface area contributed by atoms with Gasteiger partial charge in [0, 0.05) is 33.1 Å². The number of anilines is 1. The maximum atomic E-state index is 13.4. The van der Waals surface area contributed by atoms with Crippen LogP contribution in [-0.2, 0) is 17.9 Å². The largest absolute Gasteiger partial charge is 0.332 e. The van der Waals surface area contributed by atoms with Crippen molar-refractivity contribution in [2.75, 3.05) is 11.9 Å². The highest BCUT2D eigenvalue weighted by Crippen LogP contribution is 2.28. The average molecular weight is 482 g/mol. The van der Waals surface area contributed by atoms with Crippen LogP contribution in [-0.4, -0.2) is 34.3 Å². The Morgan fingerprint density at radius 1 is 1.03 bits per heavy atom. The summed E-state index contributed by atoms with van der Waals surface area (Å²) in [6.45, 7) is 5.06. The smallest absolute Gasteiger partial charge is 0.322 e. The minimum atomic E-state index is -0.266. The van der Waals surface area contributed by atoms with Gasteiger partial charge in [0.25, 0.3) is 0 Å². The summed E-state index contributed by atoms with van der Waals surface area (Å²) in [4.78, 5) is 32.4. The fourth-order valence-electron chi connectivity index (χ4n) is 3.66. The first-order valence-corrected chi connectivity index (χ1v) is 12.3. The van der Waals surface area contributed by atoms with E-state index in [2.05, 4.69) is 24.4 Å². The summed E-state index contributed by atoms with van der Waals surface area (Å²) < 4.78 is 0. The van der Waals surface area contributed by atoms with Crippen molar-refractivity contribution in [3.05, 3.63) is 86.6 Å². The molecule has 0 spiro atoms. The van der Waals surface area contributed by atoms with Crippen LogP contribution in [0.3, 0.4) is 0 Å². The molecule has 1 N–H and O–H groups in total. The fraction of sp³-hybridized carbons (Fsp3) is 0.308. The second-order valence-electron chi connectivity index (χ2n) is 8.50. The lowest BCUT2D eigenvalue weighted by Gasteiger charge is -2.28. The van der Waals surface area contributed by atoms with Crippen molar-refractivity contribution in [3.63, 3.8) is 0 Å². The van der Waals surface area contributed by atoms with E-state index in [9.17, 15) is 9.59 Å². The standard InChI is InChI=1S/C26H28ClN3O2S/c1-18-8-10-21(14-24(18)27)28-26(32)30(22-11-12-22)17-25(31)29(15-20-6-4-3-5-7-20)16-23-13-9-19(2)33-23/h3-10,13-14,22H,11-12,15-17H2,1-2H3,(H,28,32). The summed E-state index contributed by atoms with van der Waals surface area (Å²) in [5.41, 5.74) is 2.64. The normalized spacial score (nSPS) is 12.9. The summed E-state index contributed by atoms with van der Waals surface area (Å²) in [6.07, 6.45) is 1.83. The predicted octanol–water partition coefficient (Wildman–Crippen LogP) is 6.24. The highest BCUT2D eigenvalue weighted by Gasteiger charge is 2.35. The molecule has 172 valence electrons. The van der Waals surface area contributed by atoms with Gasteiger partial charge in [-0.25, -0.2) is 4.79 Å². The minimum absolute atomic E-state index is 0.0489. The lowest BCUT2D eigenvalue weighted by molar-refractivity contribution is -0.133. The van der Waals surface area contributed by atoms with Gasteiger partial charge in [0.05, 0.1) is 6.54 Å². The van der Waals surface area contributed by atoms with E-state index in [0.717, 1.165) is 28.8 Å². The van der Waals surface area contributed by atoms with Crippen molar-refractivity contribution >= 4 is 40.6 Å². The van der Waals surface area contributed by atoms with Gasteiger partial charge in [-0.2, -0.15) is 0 Å². The molecule has 2 aromatic carbocycles. The van der Waals surface area contributed by atoms with E-state index in [1.807, 2.05) is 54.3 Å². The molecule has 0 unspecified atom stereocenters. The molecule has 0 aliphatic heterocycles. The number of amides is 3. The van der Waals surface area contributed by atoms with Crippen LogP contribution in [0.15, 0.2) is 60.7 Å². The number of carbonyl (C=O) groups is 2. The Morgan fingerprint density at radius 2 is 1.79 bits per heavy atom. The molecule has 0 bridgehead atoms. The van der Waals surface area contributed by atoms with Gasteiger partial charge in [0.2, 0.25) is 5.91 Å². The van der Waals surface area contributed by atoms with E-state index in [4.69, 9.17) is 11.6 Å².